The first-order valence-corrected chi connectivity index (χ1v) is 8.25. The Labute approximate surface area is 159 Å². The fraction of sp³-hybridized carbons (Fsp3) is 0.0625. The van der Waals surface area contributed by atoms with Gasteiger partial charge in [0.05, 0.1) is 5.56 Å². The van der Waals surface area contributed by atoms with E-state index >= 15 is 0 Å². The van der Waals surface area contributed by atoms with Crippen LogP contribution < -0.4 is 4.74 Å². The fourth-order valence-electron chi connectivity index (χ4n) is 2.15. The van der Waals surface area contributed by atoms with E-state index in [0.29, 0.717) is 4.47 Å². The second kappa shape index (κ2) is 7.38. The van der Waals surface area contributed by atoms with Gasteiger partial charge in [-0.2, -0.15) is 4.98 Å². The van der Waals surface area contributed by atoms with Crippen molar-refractivity contribution in [3.05, 3.63) is 57.5 Å². The van der Waals surface area contributed by atoms with Crippen LogP contribution in [0.3, 0.4) is 0 Å². The van der Waals surface area contributed by atoms with Crippen LogP contribution in [0.25, 0.3) is 17.1 Å². The molecule has 0 amide bonds. The molecule has 134 valence electrons. The number of ether oxygens (including phenoxy) is 1. The van der Waals surface area contributed by atoms with Crippen molar-refractivity contribution in [1.82, 2.24) is 14.8 Å². The molecule has 0 aliphatic heterocycles. The maximum atomic E-state index is 14.4. The highest BCUT2D eigenvalue weighted by Gasteiger charge is 2.20. The first kappa shape index (κ1) is 18.3. The molecule has 26 heavy (non-hydrogen) atoms. The SMILES string of the molecule is O=C(O)COc1nc(-c2ccc(Br)cc2F)n(-c2ccc(Cl)cc2F)n1. The van der Waals surface area contributed by atoms with E-state index in [2.05, 4.69) is 26.0 Å². The summed E-state index contributed by atoms with van der Waals surface area (Å²) in [6.45, 7) is -0.699. The summed E-state index contributed by atoms with van der Waals surface area (Å²) in [7, 11) is 0. The van der Waals surface area contributed by atoms with Crippen molar-refractivity contribution in [3.63, 3.8) is 0 Å². The number of aliphatic carboxylic acids is 1. The lowest BCUT2D eigenvalue weighted by Gasteiger charge is -2.08. The predicted molar refractivity (Wildman–Crippen MR) is 92.6 cm³/mol. The van der Waals surface area contributed by atoms with Gasteiger partial charge in [0.25, 0.3) is 0 Å². The molecule has 0 fully saturated rings. The number of benzene rings is 2. The first-order valence-electron chi connectivity index (χ1n) is 7.07. The summed E-state index contributed by atoms with van der Waals surface area (Å²) < 4.78 is 35.1. The Morgan fingerprint density at radius 3 is 2.65 bits per heavy atom. The molecule has 0 spiro atoms. The van der Waals surface area contributed by atoms with Gasteiger partial charge in [-0.3, -0.25) is 0 Å². The molecule has 1 heterocycles. The molecule has 0 saturated heterocycles. The topological polar surface area (TPSA) is 77.2 Å². The maximum Gasteiger partial charge on any atom is 0.341 e. The lowest BCUT2D eigenvalue weighted by Crippen LogP contribution is -2.10. The van der Waals surface area contributed by atoms with E-state index in [1.807, 2.05) is 0 Å². The number of hydrogen-bond donors (Lipinski definition) is 1. The molecule has 0 aliphatic rings. The Morgan fingerprint density at radius 1 is 1.23 bits per heavy atom. The summed E-state index contributed by atoms with van der Waals surface area (Å²) in [5, 5.41) is 12.8. The molecule has 10 heteroatoms. The molecule has 3 aromatic rings. The van der Waals surface area contributed by atoms with E-state index in [1.165, 1.54) is 24.3 Å². The van der Waals surface area contributed by atoms with E-state index < -0.39 is 24.2 Å². The molecule has 0 radical (unpaired) electrons. The number of aromatic nitrogens is 3. The average Bonchev–Trinajstić information content (AvgIpc) is 2.96. The van der Waals surface area contributed by atoms with E-state index in [0.717, 1.165) is 10.7 Å². The minimum absolute atomic E-state index is 0.0280. The van der Waals surface area contributed by atoms with E-state index in [1.54, 1.807) is 6.07 Å². The van der Waals surface area contributed by atoms with E-state index in [-0.39, 0.29) is 28.1 Å². The lowest BCUT2D eigenvalue weighted by atomic mass is 10.2. The predicted octanol–water partition coefficient (Wildman–Crippen LogP) is 4.09. The standard InChI is InChI=1S/C16H9BrClF2N3O3/c17-8-1-3-10(11(19)5-8)15-21-16(26-7-14(24)25)22-23(15)13-4-2-9(18)6-12(13)20/h1-6H,7H2,(H,24,25). The monoisotopic (exact) mass is 443 g/mol. The molecule has 6 nitrogen and oxygen atoms in total. The van der Waals surface area contributed by atoms with Crippen LogP contribution in [0.5, 0.6) is 6.01 Å². The van der Waals surface area contributed by atoms with Crippen molar-refractivity contribution in [2.75, 3.05) is 6.61 Å². The number of halogens is 4. The maximum absolute atomic E-state index is 14.4. The van der Waals surface area contributed by atoms with Crippen molar-refractivity contribution >= 4 is 33.5 Å². The number of carboxylic acid groups (broad SMARTS) is 1. The van der Waals surface area contributed by atoms with E-state index in [9.17, 15) is 13.6 Å². The van der Waals surface area contributed by atoms with Crippen molar-refractivity contribution in [1.29, 1.82) is 0 Å². The molecule has 1 N–H and O–H groups in total. The van der Waals surface area contributed by atoms with Crippen LogP contribution in [-0.2, 0) is 4.79 Å². The summed E-state index contributed by atoms with van der Waals surface area (Å²) >= 11 is 8.90. The van der Waals surface area contributed by atoms with Crippen LogP contribution in [0, 0.1) is 11.6 Å². The van der Waals surface area contributed by atoms with Crippen LogP contribution in [-0.4, -0.2) is 32.4 Å². The molecule has 0 saturated carbocycles. The summed E-state index contributed by atoms with van der Waals surface area (Å²) in [5.41, 5.74) is -0.0235. The molecular formula is C16H9BrClF2N3O3. The van der Waals surface area contributed by atoms with Crippen LogP contribution in [0.2, 0.25) is 5.02 Å². The van der Waals surface area contributed by atoms with Crippen LogP contribution in [0.4, 0.5) is 8.78 Å². The van der Waals surface area contributed by atoms with E-state index in [4.69, 9.17) is 21.4 Å². The Bertz CT molecular complexity index is 928. The highest BCUT2D eigenvalue weighted by molar-refractivity contribution is 9.10. The number of rotatable bonds is 5. The minimum Gasteiger partial charge on any atom is -0.479 e. The highest BCUT2D eigenvalue weighted by atomic mass is 79.9. The smallest absolute Gasteiger partial charge is 0.341 e. The Hall–Kier alpha value is -2.52. The van der Waals surface area contributed by atoms with Gasteiger partial charge >= 0.3 is 12.0 Å². The molecular weight excluding hydrogens is 436 g/mol. The van der Waals surface area contributed by atoms with Crippen molar-refractivity contribution in [3.8, 4) is 23.1 Å². The molecule has 3 rings (SSSR count). The number of nitrogens with zero attached hydrogens (tertiary/aromatic N) is 3. The number of hydrogen-bond acceptors (Lipinski definition) is 4. The van der Waals surface area contributed by atoms with Crippen molar-refractivity contribution in [2.24, 2.45) is 0 Å². The Kier molecular flexibility index (Phi) is 5.19. The summed E-state index contributed by atoms with van der Waals surface area (Å²) in [6.07, 6.45) is 0. The molecule has 2 aromatic carbocycles. The number of carboxylic acids is 1. The summed E-state index contributed by atoms with van der Waals surface area (Å²) in [6, 6.07) is 7.72. The van der Waals surface area contributed by atoms with Gasteiger partial charge in [0.15, 0.2) is 12.4 Å². The molecule has 0 unspecified atom stereocenters. The quantitative estimate of drug-likeness (QED) is 0.641. The Balaban J connectivity index is 2.16. The normalized spacial score (nSPS) is 10.8. The van der Waals surface area contributed by atoms with Gasteiger partial charge in [-0.25, -0.2) is 18.3 Å². The Morgan fingerprint density at radius 2 is 2.00 bits per heavy atom. The first-order chi connectivity index (χ1) is 12.3. The van der Waals surface area contributed by atoms with Gasteiger partial charge in [0, 0.05) is 9.50 Å². The zero-order valence-electron chi connectivity index (χ0n) is 12.8. The molecule has 0 aliphatic carbocycles. The second-order valence-corrected chi connectivity index (χ2v) is 6.38. The van der Waals surface area contributed by atoms with Gasteiger partial charge in [-0.1, -0.05) is 27.5 Å². The number of carbonyl (C=O) groups is 1. The third-order valence-electron chi connectivity index (χ3n) is 3.22. The van der Waals surface area contributed by atoms with Crippen molar-refractivity contribution < 1.29 is 23.4 Å². The lowest BCUT2D eigenvalue weighted by molar-refractivity contribution is -0.139. The van der Waals surface area contributed by atoms with Gasteiger partial charge in [0.2, 0.25) is 0 Å². The minimum atomic E-state index is -1.24. The molecule has 0 atom stereocenters. The zero-order valence-corrected chi connectivity index (χ0v) is 15.1. The van der Waals surface area contributed by atoms with Gasteiger partial charge in [0.1, 0.15) is 17.3 Å². The molecule has 1 aromatic heterocycles. The summed E-state index contributed by atoms with van der Waals surface area (Å²) in [5.74, 6) is -2.65. The fourth-order valence-corrected chi connectivity index (χ4v) is 2.64. The molecule has 0 bridgehead atoms. The van der Waals surface area contributed by atoms with Gasteiger partial charge in [-0.15, -0.1) is 5.10 Å². The van der Waals surface area contributed by atoms with Gasteiger partial charge < -0.3 is 9.84 Å². The van der Waals surface area contributed by atoms with Crippen molar-refractivity contribution in [2.45, 2.75) is 0 Å². The second-order valence-electron chi connectivity index (χ2n) is 5.03. The van der Waals surface area contributed by atoms with Crippen LogP contribution in [0.1, 0.15) is 0 Å². The largest absolute Gasteiger partial charge is 0.479 e. The summed E-state index contributed by atoms with van der Waals surface area (Å²) in [4.78, 5) is 14.7. The zero-order chi connectivity index (χ0) is 18.8. The highest BCUT2D eigenvalue weighted by Crippen LogP contribution is 2.29. The third kappa shape index (κ3) is 3.83. The average molecular weight is 445 g/mol. The van der Waals surface area contributed by atoms with Gasteiger partial charge in [-0.05, 0) is 36.4 Å². The van der Waals surface area contributed by atoms with Crippen LogP contribution >= 0.6 is 27.5 Å². The third-order valence-corrected chi connectivity index (χ3v) is 3.95. The van der Waals surface area contributed by atoms with Crippen LogP contribution in [0.15, 0.2) is 40.9 Å².